The van der Waals surface area contributed by atoms with Crippen molar-refractivity contribution in [3.8, 4) is 0 Å². The first-order chi connectivity index (χ1) is 37.9. The van der Waals surface area contributed by atoms with E-state index in [9.17, 15) is 54.3 Å². The van der Waals surface area contributed by atoms with E-state index < -0.39 is 151 Å². The number of amides is 1. The number of nitrogens with zero attached hydrogens (tertiary/aromatic N) is 1. The lowest BCUT2D eigenvalue weighted by Crippen LogP contribution is -2.61. The Morgan fingerprint density at radius 2 is 1.54 bits per heavy atom. The highest BCUT2D eigenvalue weighted by atomic mass is 16.8. The Balaban J connectivity index is 1.54. The number of esters is 1. The number of allylic oxidation sites excluding steroid dienone is 6. The molecule has 2 bridgehead atoms. The number of Topliss-reactive ketones (excluding diaryl/α,β-unsaturated/α-hetero) is 3. The molecule has 5 rings (SSSR count). The summed E-state index contributed by atoms with van der Waals surface area (Å²) in [7, 11) is 5.54. The Kier molecular flexibility index (Phi) is 25.7. The largest absolute Gasteiger partial charge is 0.511 e. The van der Waals surface area contributed by atoms with Gasteiger partial charge < -0.3 is 73.1 Å². The van der Waals surface area contributed by atoms with Gasteiger partial charge >= 0.3 is 12.1 Å². The van der Waals surface area contributed by atoms with Crippen molar-refractivity contribution in [2.45, 2.75) is 211 Å². The Morgan fingerprint density at radius 1 is 0.812 bits per heavy atom. The van der Waals surface area contributed by atoms with Gasteiger partial charge in [0.25, 0.3) is 11.7 Å². The first kappa shape index (κ1) is 66.5. The number of carbonyl (C=O) groups is 6. The summed E-state index contributed by atoms with van der Waals surface area (Å²) >= 11 is 0. The molecular weight excluding hydrogens is 1040 g/mol. The zero-order chi connectivity index (χ0) is 59.2. The molecule has 0 aromatic carbocycles. The molecule has 0 radical (unpaired) electrons. The fourth-order valence-corrected chi connectivity index (χ4v) is 11.9. The van der Waals surface area contributed by atoms with Crippen molar-refractivity contribution in [1.82, 2.24) is 4.90 Å². The summed E-state index contributed by atoms with van der Waals surface area (Å²) in [6.45, 7) is 11.4. The number of ketones is 3. The lowest BCUT2D eigenvalue weighted by atomic mass is 9.78. The van der Waals surface area contributed by atoms with Crippen LogP contribution in [-0.4, -0.2) is 193 Å². The van der Waals surface area contributed by atoms with Crippen LogP contribution in [0.1, 0.15) is 126 Å². The molecule has 452 valence electrons. The lowest BCUT2D eigenvalue weighted by Gasteiger charge is -2.42. The maximum Gasteiger partial charge on any atom is 0.511 e. The van der Waals surface area contributed by atoms with Crippen molar-refractivity contribution >= 4 is 35.4 Å². The van der Waals surface area contributed by atoms with Gasteiger partial charge in [0.2, 0.25) is 12.1 Å². The van der Waals surface area contributed by atoms with Crippen molar-refractivity contribution in [3.63, 3.8) is 0 Å². The number of aliphatic hydroxyl groups is 5. The molecule has 4 heterocycles. The van der Waals surface area contributed by atoms with Crippen molar-refractivity contribution in [2.24, 2.45) is 35.5 Å². The van der Waals surface area contributed by atoms with Gasteiger partial charge in [-0.2, -0.15) is 0 Å². The van der Waals surface area contributed by atoms with E-state index >= 15 is 0 Å². The van der Waals surface area contributed by atoms with Crippen LogP contribution >= 0.6 is 0 Å². The van der Waals surface area contributed by atoms with E-state index in [0.717, 1.165) is 10.5 Å². The molecule has 0 aromatic rings. The molecule has 1 unspecified atom stereocenters. The van der Waals surface area contributed by atoms with E-state index in [-0.39, 0.29) is 43.2 Å². The number of cyclic esters (lactones) is 1. The van der Waals surface area contributed by atoms with Gasteiger partial charge in [-0.25, -0.2) is 9.59 Å². The molecule has 3 saturated heterocycles. The molecule has 0 aromatic heterocycles. The number of ether oxygens (including phenoxy) is 9. The van der Waals surface area contributed by atoms with Crippen LogP contribution < -0.4 is 0 Å². The first-order valence-corrected chi connectivity index (χ1v) is 28.4. The fourth-order valence-electron chi connectivity index (χ4n) is 11.9. The van der Waals surface area contributed by atoms with Crippen LogP contribution in [0.15, 0.2) is 47.6 Å². The Labute approximate surface area is 471 Å². The van der Waals surface area contributed by atoms with Crippen molar-refractivity contribution in [1.29, 1.82) is 0 Å². The van der Waals surface area contributed by atoms with Crippen LogP contribution in [0.4, 0.5) is 4.79 Å². The molecule has 20 atom stereocenters. The maximum atomic E-state index is 14.6. The van der Waals surface area contributed by atoms with Crippen LogP contribution in [-0.2, 0) is 66.6 Å². The number of hydrogen-bond donors (Lipinski definition) is 5. The predicted molar refractivity (Wildman–Crippen MR) is 289 cm³/mol. The molecule has 5 N–H and O–H groups in total. The van der Waals surface area contributed by atoms with Gasteiger partial charge in [-0.1, -0.05) is 71.1 Å². The molecule has 1 saturated carbocycles. The molecule has 4 aliphatic heterocycles. The number of aliphatic hydroxyl groups excluding tert-OH is 4. The normalized spacial score (nSPS) is 40.8. The third-order valence-electron chi connectivity index (χ3n) is 17.0. The summed E-state index contributed by atoms with van der Waals surface area (Å²) in [4.78, 5) is 87.5. The third-order valence-corrected chi connectivity index (χ3v) is 17.0. The minimum Gasteiger partial charge on any atom is -0.460 e. The van der Waals surface area contributed by atoms with Gasteiger partial charge in [0.1, 0.15) is 42.3 Å². The number of rotatable bonds is 10. The molecule has 80 heavy (non-hydrogen) atoms. The van der Waals surface area contributed by atoms with E-state index in [2.05, 4.69) is 0 Å². The van der Waals surface area contributed by atoms with Gasteiger partial charge in [0.15, 0.2) is 18.0 Å². The van der Waals surface area contributed by atoms with E-state index in [1.54, 1.807) is 34.8 Å². The lowest BCUT2D eigenvalue weighted by molar-refractivity contribution is -0.294. The van der Waals surface area contributed by atoms with E-state index in [1.807, 2.05) is 51.2 Å². The zero-order valence-electron chi connectivity index (χ0n) is 48.6. The third kappa shape index (κ3) is 16.9. The zero-order valence-corrected chi connectivity index (χ0v) is 48.6. The molecular formula is C59H91NO20. The quantitative estimate of drug-likeness (QED) is 0.112. The highest BCUT2D eigenvalue weighted by Gasteiger charge is 2.53. The molecule has 1 aliphatic carbocycles. The van der Waals surface area contributed by atoms with Crippen LogP contribution in [0.3, 0.4) is 0 Å². The number of hydrogen-bond acceptors (Lipinski definition) is 20. The molecule has 4 fully saturated rings. The smallest absolute Gasteiger partial charge is 0.460 e. The maximum absolute atomic E-state index is 14.6. The van der Waals surface area contributed by atoms with Crippen LogP contribution in [0, 0.1) is 35.5 Å². The second-order valence-electron chi connectivity index (χ2n) is 23.0. The number of carbonyl (C=O) groups excluding carboxylic acids is 6. The van der Waals surface area contributed by atoms with E-state index in [1.165, 1.54) is 27.4 Å². The standard InChI is InChI=1S/C59H91NO20/c1-32-17-13-12-14-18-33(2)44(72-8)29-40-22-20-38(7)59(71,80-40)54(67)55(68)60-24-16-15-19-41(60)56(69)76-45(35(4)27-39-21-23-42(62)46(28-39)73-9)30-43(63)34(3)26-37(6)51(52(74-10)48(64)36(5)25-32)78-58(70)79-57-53(75-11)50(66)49(65)47(31-61)77-57/h12-14,17-18,26,32,34-36,38-42,44-47,49-53,57,61-62,65-66,71H,15-16,19-25,27-31H2,1-11H3/b14-12+,17-13+,33-18+,37-26+/t32-,34-,35-,36-,38-,39+,40+,41?,42-,44+,45+,46-,47+,49+,50-,51-,52+,53+,57-,59-/m1/s1. The Bertz CT molecular complexity index is 2210. The van der Waals surface area contributed by atoms with Crippen LogP contribution in [0.5, 0.6) is 0 Å². The summed E-state index contributed by atoms with van der Waals surface area (Å²) in [5.74, 6) is -9.44. The summed E-state index contributed by atoms with van der Waals surface area (Å²) in [5, 5.41) is 53.7. The monoisotopic (exact) mass is 1130 g/mol. The molecule has 1 amide bonds. The van der Waals surface area contributed by atoms with Crippen molar-refractivity contribution in [2.75, 3.05) is 41.6 Å². The van der Waals surface area contributed by atoms with Gasteiger partial charge in [0.05, 0.1) is 31.0 Å². The minimum absolute atomic E-state index is 0.0216. The summed E-state index contributed by atoms with van der Waals surface area (Å²) in [5.41, 5.74) is 1.02. The SMILES string of the molecule is CO[C@@H]1[C@@H](OC(=O)O[C@@H]2/C(C)=C/[C@@H](C)C(=O)C[C@@H]([C@H](C)C[C@@H]3CC[C@@H](O)[C@H](OC)C3)OC(=O)C3CCCCN3C(=O)C(=O)[C@]3(O)O[C@@H](CC[C@H]3C)C[C@H](OC)/C(C)=C/C=C/C=C/[C@@H](C)C[C@@H](C)C(=O)[C@@H]2OC)O[C@@H](CO)[C@H](O)[C@H]1O. The fraction of sp³-hybridized carbons (Fsp3) is 0.763. The average Bonchev–Trinajstić information content (AvgIpc) is 3.43. The first-order valence-electron chi connectivity index (χ1n) is 28.4. The number of methoxy groups -OCH3 is 4. The summed E-state index contributed by atoms with van der Waals surface area (Å²) in [6, 6.07) is -1.23. The topological polar surface area (TPSA) is 290 Å². The van der Waals surface area contributed by atoms with Gasteiger partial charge in [0, 0.05) is 65.6 Å². The summed E-state index contributed by atoms with van der Waals surface area (Å²) < 4.78 is 52.0. The molecule has 0 spiro atoms. The van der Waals surface area contributed by atoms with Crippen LogP contribution in [0.25, 0.3) is 0 Å². The summed E-state index contributed by atoms with van der Waals surface area (Å²) in [6.07, 6.45) is -0.183. The Morgan fingerprint density at radius 3 is 2.20 bits per heavy atom. The highest BCUT2D eigenvalue weighted by molar-refractivity contribution is 6.39. The average molecular weight is 1130 g/mol. The van der Waals surface area contributed by atoms with E-state index in [4.69, 9.17) is 42.6 Å². The number of piperidine rings is 1. The van der Waals surface area contributed by atoms with E-state index in [0.29, 0.717) is 57.8 Å². The number of fused-ring (bicyclic) bond motifs is 3. The van der Waals surface area contributed by atoms with Crippen molar-refractivity contribution in [3.05, 3.63) is 47.6 Å². The van der Waals surface area contributed by atoms with Gasteiger partial charge in [-0.15, -0.1) is 0 Å². The molecule has 5 aliphatic rings. The highest BCUT2D eigenvalue weighted by Crippen LogP contribution is 2.38. The van der Waals surface area contributed by atoms with Gasteiger partial charge in [-0.3, -0.25) is 19.2 Å². The predicted octanol–water partition coefficient (Wildman–Crippen LogP) is 4.80. The molecule has 21 heteroatoms. The molecule has 21 nitrogen and oxygen atoms in total. The van der Waals surface area contributed by atoms with Crippen molar-refractivity contribution < 1.29 is 96.9 Å². The van der Waals surface area contributed by atoms with Gasteiger partial charge in [-0.05, 0) is 107 Å². The Hall–Kier alpha value is -4.26. The minimum atomic E-state index is -2.49. The second kappa shape index (κ2) is 30.9. The second-order valence-corrected chi connectivity index (χ2v) is 23.0. The van der Waals surface area contributed by atoms with Crippen LogP contribution in [0.2, 0.25) is 0 Å².